The highest BCUT2D eigenvalue weighted by atomic mass is 35.5. The zero-order chi connectivity index (χ0) is 13.1. The van der Waals surface area contributed by atoms with Crippen molar-refractivity contribution in [1.82, 2.24) is 15.1 Å². The van der Waals surface area contributed by atoms with Crippen LogP contribution in [0.2, 0.25) is 0 Å². The molecule has 21 heavy (non-hydrogen) atoms. The molecule has 0 aliphatic heterocycles. The molecule has 0 saturated carbocycles. The summed E-state index contributed by atoms with van der Waals surface area (Å²) in [7, 11) is 0. The summed E-state index contributed by atoms with van der Waals surface area (Å²) in [6, 6.07) is 11.5. The molecule has 0 atom stereocenters. The number of pyridine rings is 1. The molecule has 3 aromatic rings. The Labute approximate surface area is 134 Å². The van der Waals surface area contributed by atoms with E-state index in [1.54, 1.807) is 12.4 Å². The first-order valence-corrected chi connectivity index (χ1v) is 5.90. The first-order valence-electron chi connectivity index (χ1n) is 5.90. The second kappa shape index (κ2) is 7.73. The lowest BCUT2D eigenvalue weighted by molar-refractivity contribution is 0.432. The molecule has 0 saturated heterocycles. The molecule has 0 unspecified atom stereocenters. The van der Waals surface area contributed by atoms with Gasteiger partial charge in [-0.2, -0.15) is 4.98 Å². The van der Waals surface area contributed by atoms with Crippen molar-refractivity contribution in [2.45, 2.75) is 6.54 Å². The Balaban J connectivity index is 0.00000110. The highest BCUT2D eigenvalue weighted by Gasteiger charge is 2.10. The Bertz CT molecular complexity index is 688. The van der Waals surface area contributed by atoms with Gasteiger partial charge in [0.05, 0.1) is 0 Å². The molecule has 0 radical (unpaired) electrons. The van der Waals surface area contributed by atoms with Crippen LogP contribution in [0.5, 0.6) is 0 Å². The molecule has 0 fully saturated rings. The van der Waals surface area contributed by atoms with Gasteiger partial charge in [0.2, 0.25) is 5.82 Å². The molecule has 7 heteroatoms. The molecule has 0 amide bonds. The minimum Gasteiger partial charge on any atom is -0.334 e. The number of hydrogen-bond acceptors (Lipinski definition) is 5. The van der Waals surface area contributed by atoms with Crippen molar-refractivity contribution >= 4 is 24.8 Å². The second-order valence-electron chi connectivity index (χ2n) is 4.07. The van der Waals surface area contributed by atoms with E-state index in [0.717, 1.165) is 16.7 Å². The van der Waals surface area contributed by atoms with E-state index in [4.69, 9.17) is 10.3 Å². The van der Waals surface area contributed by atoms with Gasteiger partial charge in [0.1, 0.15) is 0 Å². The summed E-state index contributed by atoms with van der Waals surface area (Å²) in [6.07, 6.45) is 3.40. The largest absolute Gasteiger partial charge is 0.334 e. The lowest BCUT2D eigenvalue weighted by Gasteiger charge is -1.98. The third-order valence-corrected chi connectivity index (χ3v) is 2.76. The van der Waals surface area contributed by atoms with E-state index in [9.17, 15) is 0 Å². The third-order valence-electron chi connectivity index (χ3n) is 2.76. The van der Waals surface area contributed by atoms with Crippen molar-refractivity contribution in [2.24, 2.45) is 5.73 Å². The fourth-order valence-electron chi connectivity index (χ4n) is 1.78. The summed E-state index contributed by atoms with van der Waals surface area (Å²) >= 11 is 0. The van der Waals surface area contributed by atoms with Crippen LogP contribution in [0.3, 0.4) is 0 Å². The Hall–Kier alpha value is -1.95. The monoisotopic (exact) mass is 324 g/mol. The summed E-state index contributed by atoms with van der Waals surface area (Å²) in [5, 5.41) is 3.96. The first kappa shape index (κ1) is 17.1. The Morgan fingerprint density at radius 2 is 1.86 bits per heavy atom. The number of benzene rings is 1. The van der Waals surface area contributed by atoms with Crippen molar-refractivity contribution in [1.29, 1.82) is 0 Å². The van der Waals surface area contributed by atoms with Crippen LogP contribution in [0.4, 0.5) is 0 Å². The van der Waals surface area contributed by atoms with Crippen molar-refractivity contribution in [3.05, 3.63) is 54.4 Å². The molecule has 2 N–H and O–H groups in total. The SMILES string of the molecule is Cl.Cl.NCc1cccc(-c2nc(-c3cccnc3)no2)c1. The van der Waals surface area contributed by atoms with Gasteiger partial charge in [-0.25, -0.2) is 0 Å². The summed E-state index contributed by atoms with van der Waals surface area (Å²) < 4.78 is 5.27. The predicted octanol–water partition coefficient (Wildman–Crippen LogP) is 3.10. The molecular weight excluding hydrogens is 311 g/mol. The molecule has 0 aliphatic carbocycles. The fourth-order valence-corrected chi connectivity index (χ4v) is 1.78. The quantitative estimate of drug-likeness (QED) is 0.800. The highest BCUT2D eigenvalue weighted by molar-refractivity contribution is 5.85. The van der Waals surface area contributed by atoms with Crippen molar-refractivity contribution in [2.75, 3.05) is 0 Å². The van der Waals surface area contributed by atoms with Crippen LogP contribution < -0.4 is 5.73 Å². The second-order valence-corrected chi connectivity index (χ2v) is 4.07. The van der Waals surface area contributed by atoms with E-state index < -0.39 is 0 Å². The van der Waals surface area contributed by atoms with Gasteiger partial charge in [0.15, 0.2) is 0 Å². The molecular formula is C14H14Cl2N4O. The number of rotatable bonds is 3. The number of hydrogen-bond donors (Lipinski definition) is 1. The fraction of sp³-hybridized carbons (Fsp3) is 0.0714. The van der Waals surface area contributed by atoms with Crippen molar-refractivity contribution in [3.8, 4) is 22.8 Å². The van der Waals surface area contributed by atoms with Gasteiger partial charge in [-0.1, -0.05) is 17.3 Å². The van der Waals surface area contributed by atoms with Gasteiger partial charge < -0.3 is 10.3 Å². The predicted molar refractivity (Wildman–Crippen MR) is 85.4 cm³/mol. The maximum Gasteiger partial charge on any atom is 0.258 e. The van der Waals surface area contributed by atoms with E-state index in [-0.39, 0.29) is 24.8 Å². The topological polar surface area (TPSA) is 77.8 Å². The van der Waals surface area contributed by atoms with Gasteiger partial charge >= 0.3 is 0 Å². The molecule has 2 heterocycles. The Morgan fingerprint density at radius 1 is 1.05 bits per heavy atom. The smallest absolute Gasteiger partial charge is 0.258 e. The molecule has 0 aliphatic rings. The van der Waals surface area contributed by atoms with Gasteiger partial charge in [0, 0.05) is 30.1 Å². The first-order chi connectivity index (χ1) is 9.36. The van der Waals surface area contributed by atoms with E-state index in [1.807, 2.05) is 36.4 Å². The lowest BCUT2D eigenvalue weighted by Crippen LogP contribution is -1.95. The van der Waals surface area contributed by atoms with Crippen LogP contribution in [0.1, 0.15) is 5.56 Å². The maximum absolute atomic E-state index is 5.62. The number of nitrogens with zero attached hydrogens (tertiary/aromatic N) is 3. The van der Waals surface area contributed by atoms with Crippen LogP contribution in [0.15, 0.2) is 53.3 Å². The van der Waals surface area contributed by atoms with Crippen LogP contribution in [0.25, 0.3) is 22.8 Å². The molecule has 0 bridgehead atoms. The van der Waals surface area contributed by atoms with Gasteiger partial charge in [-0.3, -0.25) is 4.98 Å². The molecule has 2 aromatic heterocycles. The summed E-state index contributed by atoms with van der Waals surface area (Å²) in [5.41, 5.74) is 8.34. The molecule has 0 spiro atoms. The average Bonchev–Trinajstić information content (AvgIpc) is 2.98. The van der Waals surface area contributed by atoms with Crippen molar-refractivity contribution in [3.63, 3.8) is 0 Å². The van der Waals surface area contributed by atoms with Crippen LogP contribution >= 0.6 is 24.8 Å². The number of halogens is 2. The third kappa shape index (κ3) is 3.78. The van der Waals surface area contributed by atoms with Gasteiger partial charge in [-0.05, 0) is 29.8 Å². The molecule has 5 nitrogen and oxygen atoms in total. The van der Waals surface area contributed by atoms with Crippen LogP contribution in [-0.4, -0.2) is 15.1 Å². The Kier molecular flexibility index (Phi) is 6.30. The highest BCUT2D eigenvalue weighted by Crippen LogP contribution is 2.22. The minimum absolute atomic E-state index is 0. The lowest BCUT2D eigenvalue weighted by atomic mass is 10.1. The van der Waals surface area contributed by atoms with Gasteiger partial charge in [0.25, 0.3) is 5.89 Å². The Morgan fingerprint density at radius 3 is 2.57 bits per heavy atom. The summed E-state index contributed by atoms with van der Waals surface area (Å²) in [6.45, 7) is 0.484. The molecule has 110 valence electrons. The van der Waals surface area contributed by atoms with E-state index in [0.29, 0.717) is 18.3 Å². The summed E-state index contributed by atoms with van der Waals surface area (Å²) in [5.74, 6) is 1.01. The van der Waals surface area contributed by atoms with Crippen molar-refractivity contribution < 1.29 is 4.52 Å². The standard InChI is InChI=1S/C14H12N4O.2ClH/c15-8-10-3-1-4-11(7-10)14-17-13(18-19-14)12-5-2-6-16-9-12;;/h1-7,9H,8,15H2;2*1H. The van der Waals surface area contributed by atoms with Crippen LogP contribution in [0, 0.1) is 0 Å². The normalized spacial score (nSPS) is 9.57. The van der Waals surface area contributed by atoms with Gasteiger partial charge in [-0.15, -0.1) is 24.8 Å². The minimum atomic E-state index is 0. The number of nitrogens with two attached hydrogens (primary N) is 1. The zero-order valence-corrected chi connectivity index (χ0v) is 12.6. The molecule has 1 aromatic carbocycles. The zero-order valence-electron chi connectivity index (χ0n) is 11.0. The van der Waals surface area contributed by atoms with E-state index >= 15 is 0 Å². The maximum atomic E-state index is 5.62. The molecule has 3 rings (SSSR count). The van der Waals surface area contributed by atoms with Crippen LogP contribution in [-0.2, 0) is 6.54 Å². The van der Waals surface area contributed by atoms with E-state index in [2.05, 4.69) is 15.1 Å². The average molecular weight is 325 g/mol. The number of aromatic nitrogens is 3. The summed E-state index contributed by atoms with van der Waals surface area (Å²) in [4.78, 5) is 8.40. The van der Waals surface area contributed by atoms with E-state index in [1.165, 1.54) is 0 Å².